The highest BCUT2D eigenvalue weighted by Gasteiger charge is 2.26. The molecule has 0 aromatic carbocycles. The minimum Gasteiger partial charge on any atom is -0.457 e. The van der Waals surface area contributed by atoms with Crippen LogP contribution in [0, 0.1) is 0 Å². The first-order valence-corrected chi connectivity index (χ1v) is 17.2. The smallest absolute Gasteiger partial charge is 0.457 e. The second-order valence-electron chi connectivity index (χ2n) is 11.5. The molecule has 0 radical (unpaired) electrons. The van der Waals surface area contributed by atoms with Gasteiger partial charge in [0.1, 0.15) is 19.3 Å². The van der Waals surface area contributed by atoms with Gasteiger partial charge >= 0.3 is 13.8 Å². The van der Waals surface area contributed by atoms with Crippen molar-refractivity contribution in [3.8, 4) is 0 Å². The van der Waals surface area contributed by atoms with E-state index in [9.17, 15) is 14.3 Å². The van der Waals surface area contributed by atoms with Crippen LogP contribution >= 0.6 is 7.82 Å². The zero-order chi connectivity index (χ0) is 30.7. The van der Waals surface area contributed by atoms with Crippen molar-refractivity contribution in [2.24, 2.45) is 0 Å². The maximum atomic E-state index is 12.5. The molecule has 0 aromatic rings. The minimum absolute atomic E-state index is 0.0821. The lowest BCUT2D eigenvalue weighted by Crippen LogP contribution is -2.37. The van der Waals surface area contributed by atoms with Crippen molar-refractivity contribution in [2.45, 2.75) is 110 Å². The van der Waals surface area contributed by atoms with E-state index < -0.39 is 13.9 Å². The van der Waals surface area contributed by atoms with Crippen LogP contribution in [-0.2, 0) is 27.9 Å². The Morgan fingerprint density at radius 1 is 0.780 bits per heavy atom. The van der Waals surface area contributed by atoms with Gasteiger partial charge in [-0.2, -0.15) is 0 Å². The average molecular weight is 603 g/mol. The number of allylic oxidation sites excluding steroid dienone is 6. The Bertz CT molecular complexity index is 762. The molecule has 0 spiro atoms. The molecule has 41 heavy (non-hydrogen) atoms. The van der Waals surface area contributed by atoms with Crippen molar-refractivity contribution in [3.05, 3.63) is 36.5 Å². The van der Waals surface area contributed by atoms with Crippen LogP contribution in [0.2, 0.25) is 0 Å². The van der Waals surface area contributed by atoms with E-state index in [0.717, 1.165) is 57.8 Å². The summed E-state index contributed by atoms with van der Waals surface area (Å²) in [6, 6.07) is 0. The number of ether oxygens (including phenoxy) is 2. The molecule has 8 nitrogen and oxygen atoms in total. The van der Waals surface area contributed by atoms with E-state index in [1.165, 1.54) is 25.7 Å². The second-order valence-corrected chi connectivity index (χ2v) is 12.9. The molecule has 2 atom stereocenters. The van der Waals surface area contributed by atoms with Crippen LogP contribution in [0.15, 0.2) is 36.5 Å². The van der Waals surface area contributed by atoms with E-state index in [1.807, 2.05) is 21.1 Å². The lowest BCUT2D eigenvalue weighted by molar-refractivity contribution is -0.870. The number of hydrogen-bond acceptors (Lipinski definition) is 6. The van der Waals surface area contributed by atoms with Gasteiger partial charge in [0.25, 0.3) is 0 Å². The van der Waals surface area contributed by atoms with Crippen LogP contribution in [0.25, 0.3) is 0 Å². The molecule has 0 rings (SSSR count). The van der Waals surface area contributed by atoms with E-state index in [2.05, 4.69) is 50.3 Å². The van der Waals surface area contributed by atoms with E-state index in [0.29, 0.717) is 24.1 Å². The molecule has 0 aromatic heterocycles. The first kappa shape index (κ1) is 39.7. The van der Waals surface area contributed by atoms with Gasteiger partial charge in [-0.3, -0.25) is 13.8 Å². The molecule has 2 unspecified atom stereocenters. The number of unbranched alkanes of at least 4 members (excludes halogenated alkanes) is 8. The summed E-state index contributed by atoms with van der Waals surface area (Å²) in [7, 11) is 1.64. The van der Waals surface area contributed by atoms with Gasteiger partial charge in [-0.25, -0.2) is 4.57 Å². The number of phosphoric ester groups is 1. The van der Waals surface area contributed by atoms with Crippen LogP contribution in [-0.4, -0.2) is 75.6 Å². The highest BCUT2D eigenvalue weighted by Crippen LogP contribution is 2.43. The lowest BCUT2D eigenvalue weighted by Gasteiger charge is -2.24. The number of nitrogens with zero attached hydrogens (tertiary/aromatic N) is 1. The van der Waals surface area contributed by atoms with Crippen LogP contribution in [0.3, 0.4) is 0 Å². The highest BCUT2D eigenvalue weighted by atomic mass is 31.2. The van der Waals surface area contributed by atoms with E-state index in [4.69, 9.17) is 18.5 Å². The molecule has 0 saturated carbocycles. The third-order valence-electron chi connectivity index (χ3n) is 6.22. The molecule has 0 bridgehead atoms. The SMILES string of the molecule is CC/C=C\C/C=C\C/C=C\CCCCCC(=O)OC(COCCCCCCCC)COP(=O)(O)OCC[N+](C)(C)C. The van der Waals surface area contributed by atoms with Crippen molar-refractivity contribution in [1.82, 2.24) is 0 Å². The first-order valence-electron chi connectivity index (χ1n) is 15.7. The molecule has 240 valence electrons. The molecule has 0 amide bonds. The molecule has 0 fully saturated rings. The van der Waals surface area contributed by atoms with Crippen molar-refractivity contribution in [1.29, 1.82) is 0 Å². The predicted molar refractivity (Wildman–Crippen MR) is 169 cm³/mol. The molecular formula is C32H61NO7P+. The number of carbonyl (C=O) groups excluding carboxylic acids is 1. The predicted octanol–water partition coefficient (Wildman–Crippen LogP) is 7.92. The van der Waals surface area contributed by atoms with Gasteiger partial charge in [0.2, 0.25) is 0 Å². The number of quaternary nitrogens is 1. The summed E-state index contributed by atoms with van der Waals surface area (Å²) in [5, 5.41) is 0. The zero-order valence-corrected chi connectivity index (χ0v) is 27.7. The summed E-state index contributed by atoms with van der Waals surface area (Å²) in [6.45, 7) is 5.38. The van der Waals surface area contributed by atoms with E-state index in [-0.39, 0.29) is 25.8 Å². The topological polar surface area (TPSA) is 91.3 Å². The molecule has 9 heteroatoms. The number of phosphoric acid groups is 1. The van der Waals surface area contributed by atoms with Crippen molar-refractivity contribution < 1.29 is 37.3 Å². The Labute approximate surface area is 251 Å². The van der Waals surface area contributed by atoms with Crippen molar-refractivity contribution in [2.75, 3.05) is 54.1 Å². The minimum atomic E-state index is -4.26. The Kier molecular flexibility index (Phi) is 25.5. The van der Waals surface area contributed by atoms with Crippen LogP contribution in [0.1, 0.15) is 104 Å². The molecule has 1 N–H and O–H groups in total. The number of carbonyl (C=O) groups is 1. The molecular weight excluding hydrogens is 541 g/mol. The summed E-state index contributed by atoms with van der Waals surface area (Å²) < 4.78 is 34.4. The van der Waals surface area contributed by atoms with Gasteiger partial charge < -0.3 is 18.9 Å². The van der Waals surface area contributed by atoms with Gasteiger partial charge in [-0.1, -0.05) is 88.8 Å². The standard InChI is InChI=1S/C32H60NO7P/c1-6-8-10-12-14-15-16-17-18-19-20-21-23-25-32(34)40-31(29-37-27-24-22-13-11-9-7-2)30-39-41(35,36)38-28-26-33(3,4)5/h8,10,14-15,17-18,31H,6-7,9,11-13,16,19-30H2,1-5H3/p+1/b10-8-,15-14-,18-17-. The number of rotatable bonds is 28. The quantitative estimate of drug-likeness (QED) is 0.0320. The third-order valence-corrected chi connectivity index (χ3v) is 7.20. The van der Waals surface area contributed by atoms with Crippen LogP contribution in [0.4, 0.5) is 0 Å². The fraction of sp³-hybridized carbons (Fsp3) is 0.781. The van der Waals surface area contributed by atoms with Crippen molar-refractivity contribution in [3.63, 3.8) is 0 Å². The average Bonchev–Trinajstić information content (AvgIpc) is 2.90. The molecule has 0 aliphatic heterocycles. The molecule has 0 aliphatic carbocycles. The lowest BCUT2D eigenvalue weighted by atomic mass is 10.1. The van der Waals surface area contributed by atoms with Crippen LogP contribution in [0.5, 0.6) is 0 Å². The Morgan fingerprint density at radius 3 is 2.10 bits per heavy atom. The number of hydrogen-bond donors (Lipinski definition) is 1. The largest absolute Gasteiger partial charge is 0.472 e. The van der Waals surface area contributed by atoms with E-state index in [1.54, 1.807) is 0 Å². The molecule has 0 saturated heterocycles. The molecule has 0 heterocycles. The van der Waals surface area contributed by atoms with Gasteiger partial charge in [0.15, 0.2) is 0 Å². The Morgan fingerprint density at radius 2 is 1.41 bits per heavy atom. The van der Waals surface area contributed by atoms with Gasteiger partial charge in [-0.15, -0.1) is 0 Å². The molecule has 0 aliphatic rings. The maximum absolute atomic E-state index is 12.5. The van der Waals surface area contributed by atoms with Crippen molar-refractivity contribution >= 4 is 13.8 Å². The van der Waals surface area contributed by atoms with Gasteiger partial charge in [0.05, 0.1) is 34.4 Å². The maximum Gasteiger partial charge on any atom is 0.472 e. The summed E-state index contributed by atoms with van der Waals surface area (Å²) in [6.07, 6.45) is 26.2. The van der Waals surface area contributed by atoms with Crippen LogP contribution < -0.4 is 0 Å². The summed E-state index contributed by atoms with van der Waals surface area (Å²) >= 11 is 0. The summed E-state index contributed by atoms with van der Waals surface area (Å²) in [5.41, 5.74) is 0. The monoisotopic (exact) mass is 602 g/mol. The Balaban J connectivity index is 4.41. The highest BCUT2D eigenvalue weighted by molar-refractivity contribution is 7.47. The van der Waals surface area contributed by atoms with E-state index >= 15 is 0 Å². The fourth-order valence-electron chi connectivity index (χ4n) is 3.74. The second kappa shape index (κ2) is 26.4. The normalized spacial score (nSPS) is 14.8. The fourth-order valence-corrected chi connectivity index (χ4v) is 4.48. The third kappa shape index (κ3) is 30.0. The first-order chi connectivity index (χ1) is 19.6. The van der Waals surface area contributed by atoms with Gasteiger partial charge in [-0.05, 0) is 44.9 Å². The Hall–Kier alpha value is -1.28. The summed E-state index contributed by atoms with van der Waals surface area (Å²) in [5.74, 6) is -0.349. The van der Waals surface area contributed by atoms with Gasteiger partial charge in [0, 0.05) is 13.0 Å². The summed E-state index contributed by atoms with van der Waals surface area (Å²) in [4.78, 5) is 22.5. The zero-order valence-electron chi connectivity index (χ0n) is 26.8. The number of esters is 1. The number of likely N-dealkylation sites (N-methyl/N-ethyl adjacent to an activating group) is 1.